The molecule has 2 rings (SSSR count). The summed E-state index contributed by atoms with van der Waals surface area (Å²) in [7, 11) is 2.22. The van der Waals surface area contributed by atoms with E-state index in [0.29, 0.717) is 0 Å². The van der Waals surface area contributed by atoms with Crippen LogP contribution in [0.15, 0.2) is 0 Å². The third-order valence-corrected chi connectivity index (χ3v) is 3.35. The van der Waals surface area contributed by atoms with E-state index < -0.39 is 0 Å². The molecule has 3 heteroatoms. The van der Waals surface area contributed by atoms with E-state index in [1.807, 2.05) is 0 Å². The fourth-order valence-corrected chi connectivity index (χ4v) is 2.48. The first-order valence-corrected chi connectivity index (χ1v) is 5.66. The molecule has 0 amide bonds. The van der Waals surface area contributed by atoms with Crippen LogP contribution >= 0.6 is 0 Å². The Morgan fingerprint density at radius 1 is 1.50 bits per heavy atom. The van der Waals surface area contributed by atoms with Crippen LogP contribution in [0.2, 0.25) is 0 Å². The molecule has 0 bridgehead atoms. The summed E-state index contributed by atoms with van der Waals surface area (Å²) in [5, 5.41) is 3.53. The van der Waals surface area contributed by atoms with Crippen molar-refractivity contribution < 1.29 is 4.74 Å². The predicted molar refractivity (Wildman–Crippen MR) is 57.2 cm³/mol. The molecule has 0 spiro atoms. The Bertz CT molecular complexity index is 205. The molecule has 0 radical (unpaired) electrons. The number of hydrogen-bond donors (Lipinski definition) is 1. The molecule has 1 N–H and O–H groups in total. The molecule has 0 aliphatic carbocycles. The molecule has 14 heavy (non-hydrogen) atoms. The van der Waals surface area contributed by atoms with E-state index in [0.717, 1.165) is 19.1 Å². The van der Waals surface area contributed by atoms with Crippen LogP contribution in [0.3, 0.4) is 0 Å². The second-order valence-corrected chi connectivity index (χ2v) is 5.34. The van der Waals surface area contributed by atoms with Gasteiger partial charge in [0.05, 0.1) is 6.61 Å². The summed E-state index contributed by atoms with van der Waals surface area (Å²) >= 11 is 0. The van der Waals surface area contributed by atoms with Gasteiger partial charge in [0.1, 0.15) is 6.23 Å². The van der Waals surface area contributed by atoms with Crippen LogP contribution in [0.1, 0.15) is 33.1 Å². The fraction of sp³-hybridized carbons (Fsp3) is 1.00. The molecule has 2 aliphatic heterocycles. The van der Waals surface area contributed by atoms with Crippen molar-refractivity contribution in [3.63, 3.8) is 0 Å². The minimum absolute atomic E-state index is 0.168. The average Bonchev–Trinajstić information content (AvgIpc) is 2.61. The molecule has 2 saturated heterocycles. The molecule has 2 unspecified atom stereocenters. The number of likely N-dealkylation sites (tertiary alicyclic amines) is 1. The maximum absolute atomic E-state index is 5.74. The van der Waals surface area contributed by atoms with Gasteiger partial charge in [0.25, 0.3) is 0 Å². The Morgan fingerprint density at radius 2 is 2.29 bits per heavy atom. The van der Waals surface area contributed by atoms with Gasteiger partial charge in [-0.25, -0.2) is 0 Å². The number of hydrogen-bond acceptors (Lipinski definition) is 3. The molecule has 0 aromatic rings. The van der Waals surface area contributed by atoms with Crippen molar-refractivity contribution in [3.8, 4) is 0 Å². The van der Waals surface area contributed by atoms with Gasteiger partial charge in [-0.05, 0) is 40.3 Å². The zero-order chi connectivity index (χ0) is 10.2. The summed E-state index contributed by atoms with van der Waals surface area (Å²) in [5.74, 6) is 0. The zero-order valence-corrected chi connectivity index (χ0v) is 9.55. The van der Waals surface area contributed by atoms with E-state index in [1.165, 1.54) is 19.4 Å². The molecule has 2 heterocycles. The van der Waals surface area contributed by atoms with E-state index in [4.69, 9.17) is 4.74 Å². The Labute approximate surface area is 86.8 Å². The largest absolute Gasteiger partial charge is 0.361 e. The second kappa shape index (κ2) is 3.80. The minimum Gasteiger partial charge on any atom is -0.361 e. The molecule has 0 aromatic carbocycles. The quantitative estimate of drug-likeness (QED) is 0.721. The molecule has 3 nitrogen and oxygen atoms in total. The Balaban J connectivity index is 1.81. The highest BCUT2D eigenvalue weighted by molar-refractivity contribution is 4.88. The number of rotatable bonds is 2. The maximum atomic E-state index is 5.74. The lowest BCUT2D eigenvalue weighted by Gasteiger charge is -2.23. The van der Waals surface area contributed by atoms with Crippen molar-refractivity contribution >= 4 is 0 Å². The van der Waals surface area contributed by atoms with Crippen molar-refractivity contribution in [2.45, 2.75) is 50.9 Å². The molecule has 2 fully saturated rings. The highest BCUT2D eigenvalue weighted by atomic mass is 16.5. The topological polar surface area (TPSA) is 24.5 Å². The van der Waals surface area contributed by atoms with Gasteiger partial charge in [-0.1, -0.05) is 0 Å². The monoisotopic (exact) mass is 198 g/mol. The van der Waals surface area contributed by atoms with Gasteiger partial charge < -0.3 is 9.64 Å². The third kappa shape index (κ3) is 2.27. The number of ether oxygens (including phenoxy) is 1. The number of nitrogens with zero attached hydrogens (tertiary/aromatic N) is 1. The van der Waals surface area contributed by atoms with Gasteiger partial charge in [0.15, 0.2) is 0 Å². The van der Waals surface area contributed by atoms with E-state index >= 15 is 0 Å². The molecular weight excluding hydrogens is 176 g/mol. The van der Waals surface area contributed by atoms with Gasteiger partial charge in [-0.15, -0.1) is 0 Å². The van der Waals surface area contributed by atoms with Crippen LogP contribution in [0.25, 0.3) is 0 Å². The standard InChI is InChI=1S/C11H22N2O/c1-11(2)8-14-10(12-11)7-9-5-4-6-13(9)3/h9-10,12H,4-8H2,1-3H3. The van der Waals surface area contributed by atoms with Crippen LogP contribution in [-0.4, -0.2) is 42.9 Å². The minimum atomic E-state index is 0.168. The van der Waals surface area contributed by atoms with Crippen LogP contribution in [0.4, 0.5) is 0 Å². The van der Waals surface area contributed by atoms with Crippen molar-refractivity contribution in [3.05, 3.63) is 0 Å². The lowest BCUT2D eigenvalue weighted by atomic mass is 10.1. The maximum Gasteiger partial charge on any atom is 0.110 e. The normalized spacial score (nSPS) is 37.9. The highest BCUT2D eigenvalue weighted by Crippen LogP contribution is 2.23. The summed E-state index contributed by atoms with van der Waals surface area (Å²) in [5.41, 5.74) is 0.168. The molecular formula is C11H22N2O. The van der Waals surface area contributed by atoms with Crippen molar-refractivity contribution in [2.24, 2.45) is 0 Å². The smallest absolute Gasteiger partial charge is 0.110 e. The van der Waals surface area contributed by atoms with Crippen molar-refractivity contribution in [2.75, 3.05) is 20.2 Å². The van der Waals surface area contributed by atoms with E-state index in [-0.39, 0.29) is 11.8 Å². The summed E-state index contributed by atoms with van der Waals surface area (Å²) in [6, 6.07) is 0.724. The highest BCUT2D eigenvalue weighted by Gasteiger charge is 2.33. The molecule has 2 atom stereocenters. The lowest BCUT2D eigenvalue weighted by Crippen LogP contribution is -2.41. The van der Waals surface area contributed by atoms with Gasteiger partial charge in [0, 0.05) is 18.0 Å². The van der Waals surface area contributed by atoms with Crippen LogP contribution < -0.4 is 5.32 Å². The summed E-state index contributed by atoms with van der Waals surface area (Å²) in [4.78, 5) is 2.45. The first-order chi connectivity index (χ1) is 6.57. The van der Waals surface area contributed by atoms with Gasteiger partial charge in [-0.3, -0.25) is 5.32 Å². The Kier molecular flexibility index (Phi) is 2.82. The van der Waals surface area contributed by atoms with Gasteiger partial charge in [0.2, 0.25) is 0 Å². The lowest BCUT2D eigenvalue weighted by molar-refractivity contribution is 0.0722. The van der Waals surface area contributed by atoms with Gasteiger partial charge >= 0.3 is 0 Å². The first kappa shape index (κ1) is 10.4. The SMILES string of the molecule is CN1CCCC1CC1NC(C)(C)CO1. The third-order valence-electron chi connectivity index (χ3n) is 3.35. The first-order valence-electron chi connectivity index (χ1n) is 5.66. The van der Waals surface area contributed by atoms with Crippen LogP contribution in [0, 0.1) is 0 Å². The predicted octanol–water partition coefficient (Wildman–Crippen LogP) is 1.20. The zero-order valence-electron chi connectivity index (χ0n) is 9.55. The van der Waals surface area contributed by atoms with E-state index in [2.05, 4.69) is 31.1 Å². The van der Waals surface area contributed by atoms with Crippen LogP contribution in [-0.2, 0) is 4.74 Å². The molecule has 0 aromatic heterocycles. The Morgan fingerprint density at radius 3 is 2.79 bits per heavy atom. The van der Waals surface area contributed by atoms with E-state index in [9.17, 15) is 0 Å². The van der Waals surface area contributed by atoms with E-state index in [1.54, 1.807) is 0 Å². The van der Waals surface area contributed by atoms with Crippen molar-refractivity contribution in [1.82, 2.24) is 10.2 Å². The fourth-order valence-electron chi connectivity index (χ4n) is 2.48. The van der Waals surface area contributed by atoms with Crippen molar-refractivity contribution in [1.29, 1.82) is 0 Å². The molecule has 82 valence electrons. The Hall–Kier alpha value is -0.120. The van der Waals surface area contributed by atoms with Gasteiger partial charge in [-0.2, -0.15) is 0 Å². The molecule has 2 aliphatic rings. The summed E-state index contributed by atoms with van der Waals surface area (Å²) in [6.45, 7) is 6.49. The summed E-state index contributed by atoms with van der Waals surface area (Å²) < 4.78 is 5.74. The number of nitrogens with one attached hydrogen (secondary N) is 1. The van der Waals surface area contributed by atoms with Crippen LogP contribution in [0.5, 0.6) is 0 Å². The average molecular weight is 198 g/mol. The second-order valence-electron chi connectivity index (χ2n) is 5.34. The molecule has 0 saturated carbocycles. The summed E-state index contributed by atoms with van der Waals surface area (Å²) in [6.07, 6.45) is 4.09.